The van der Waals surface area contributed by atoms with Crippen molar-refractivity contribution in [3.05, 3.63) is 24.3 Å². The van der Waals surface area contributed by atoms with Crippen LogP contribution in [0.2, 0.25) is 0 Å². The molecule has 2 heteroatoms. The molecule has 0 bridgehead atoms. The Kier molecular flexibility index (Phi) is 15.9. The van der Waals surface area contributed by atoms with Crippen LogP contribution in [0.1, 0.15) is 216 Å². The van der Waals surface area contributed by atoms with E-state index in [0.717, 1.165) is 91.3 Å². The van der Waals surface area contributed by atoms with Crippen LogP contribution in [0, 0.1) is 81.8 Å². The van der Waals surface area contributed by atoms with E-state index in [1.807, 2.05) is 0 Å². The van der Waals surface area contributed by atoms with Crippen molar-refractivity contribution in [3.63, 3.8) is 0 Å². The van der Waals surface area contributed by atoms with Crippen molar-refractivity contribution in [1.82, 2.24) is 0 Å². The summed E-state index contributed by atoms with van der Waals surface area (Å²) >= 11 is 0. The molecule has 2 nitrogen and oxygen atoms in total. The molecule has 0 aromatic rings. The van der Waals surface area contributed by atoms with Gasteiger partial charge in [0.25, 0.3) is 0 Å². The highest BCUT2D eigenvalue weighted by Gasteiger charge is 2.53. The fourth-order valence-corrected chi connectivity index (χ4v) is 15.8. The highest BCUT2D eigenvalue weighted by molar-refractivity contribution is 5.14. The van der Waals surface area contributed by atoms with Crippen molar-refractivity contribution in [2.45, 2.75) is 234 Å². The van der Waals surface area contributed by atoms with Crippen LogP contribution in [-0.2, 0) is 4.74 Å². The van der Waals surface area contributed by atoms with E-state index < -0.39 is 0 Å². The van der Waals surface area contributed by atoms with Crippen molar-refractivity contribution in [2.24, 2.45) is 81.8 Å². The summed E-state index contributed by atoms with van der Waals surface area (Å²) < 4.78 is 7.05. The summed E-state index contributed by atoms with van der Waals surface area (Å²) in [5.74, 6) is 9.86. The molecule has 0 heterocycles. The van der Waals surface area contributed by atoms with Gasteiger partial charge in [-0.1, -0.05) is 138 Å². The van der Waals surface area contributed by atoms with Gasteiger partial charge in [0.15, 0.2) is 0 Å². The van der Waals surface area contributed by atoms with Crippen LogP contribution in [0.15, 0.2) is 24.3 Å². The summed E-state index contributed by atoms with van der Waals surface area (Å²) in [4.78, 5) is 0. The number of aliphatic hydroxyl groups is 1. The predicted molar refractivity (Wildman–Crippen MR) is 241 cm³/mol. The molecule has 6 saturated carbocycles. The van der Waals surface area contributed by atoms with Crippen LogP contribution in [-0.4, -0.2) is 23.4 Å². The molecule has 322 valence electrons. The summed E-state index contributed by atoms with van der Waals surface area (Å²) in [6.45, 7) is 29.6. The predicted octanol–water partition coefficient (Wildman–Crippen LogP) is 15.6. The maximum Gasteiger partial charge on any atom is 0.0813 e. The van der Waals surface area contributed by atoms with Gasteiger partial charge in [-0.2, -0.15) is 0 Å². The van der Waals surface area contributed by atoms with Gasteiger partial charge in [0.1, 0.15) is 0 Å². The molecule has 1 N–H and O–H groups in total. The van der Waals surface area contributed by atoms with Crippen LogP contribution in [0.3, 0.4) is 0 Å². The third-order valence-electron chi connectivity index (χ3n) is 19.0. The second-order valence-corrected chi connectivity index (χ2v) is 23.4. The van der Waals surface area contributed by atoms with Crippen molar-refractivity contribution in [1.29, 1.82) is 0 Å². The molecular weight excluding hydrogens is 681 g/mol. The van der Waals surface area contributed by atoms with Crippen molar-refractivity contribution >= 4 is 0 Å². The van der Waals surface area contributed by atoms with Gasteiger partial charge >= 0.3 is 0 Å². The van der Waals surface area contributed by atoms with Gasteiger partial charge in [0, 0.05) is 6.42 Å². The highest BCUT2D eigenvalue weighted by atomic mass is 16.5. The SMILES string of the molecule is C=C1CC[C@H](OC2C[C@H](O)CC(CCC3CCC[C@@]4(C)C3CC[C@@H]4[C@H](C)CCCC(C)C)C2=C)CC1CCC1CCC[C@@]2(C)C1CC[C@@H]2[C@H](C)CCCC(C)C. The summed E-state index contributed by atoms with van der Waals surface area (Å²) in [5.41, 5.74) is 3.91. The molecule has 0 spiro atoms. The molecule has 6 aliphatic carbocycles. The van der Waals surface area contributed by atoms with Gasteiger partial charge in [-0.25, -0.2) is 0 Å². The smallest absolute Gasteiger partial charge is 0.0813 e. The van der Waals surface area contributed by atoms with E-state index in [0.29, 0.717) is 22.7 Å². The van der Waals surface area contributed by atoms with Crippen molar-refractivity contribution in [3.8, 4) is 0 Å². The zero-order chi connectivity index (χ0) is 40.2. The van der Waals surface area contributed by atoms with E-state index >= 15 is 0 Å². The maximum atomic E-state index is 11.2. The Labute approximate surface area is 349 Å². The van der Waals surface area contributed by atoms with Crippen LogP contribution in [0.5, 0.6) is 0 Å². The minimum atomic E-state index is -0.252. The van der Waals surface area contributed by atoms with E-state index in [1.165, 1.54) is 140 Å². The Morgan fingerprint density at radius 3 is 1.66 bits per heavy atom. The molecule has 0 aromatic heterocycles. The average molecular weight is 775 g/mol. The minimum Gasteiger partial charge on any atom is -0.393 e. The van der Waals surface area contributed by atoms with Gasteiger partial charge < -0.3 is 9.84 Å². The van der Waals surface area contributed by atoms with Gasteiger partial charge in [-0.15, -0.1) is 0 Å². The summed E-state index contributed by atoms with van der Waals surface area (Å²) in [5, 5.41) is 11.2. The van der Waals surface area contributed by atoms with Gasteiger partial charge in [-0.05, 0) is 177 Å². The fourth-order valence-electron chi connectivity index (χ4n) is 15.8. The number of allylic oxidation sites excluding steroid dienone is 1. The first kappa shape index (κ1) is 44.9. The Morgan fingerprint density at radius 1 is 0.625 bits per heavy atom. The Bertz CT molecular complexity index is 1250. The summed E-state index contributed by atoms with van der Waals surface area (Å²) in [6, 6.07) is 0. The fraction of sp³-hybridized carbons (Fsp3) is 0.926. The third-order valence-corrected chi connectivity index (χ3v) is 19.0. The van der Waals surface area contributed by atoms with Crippen LogP contribution in [0.25, 0.3) is 0 Å². The van der Waals surface area contributed by atoms with E-state index in [-0.39, 0.29) is 18.3 Å². The number of rotatable bonds is 18. The van der Waals surface area contributed by atoms with Gasteiger partial charge in [0.05, 0.1) is 18.3 Å². The maximum absolute atomic E-state index is 11.2. The van der Waals surface area contributed by atoms with E-state index in [9.17, 15) is 5.11 Å². The van der Waals surface area contributed by atoms with Gasteiger partial charge in [-0.3, -0.25) is 0 Å². The topological polar surface area (TPSA) is 29.5 Å². The number of aliphatic hydroxyl groups excluding tert-OH is 1. The number of hydrogen-bond acceptors (Lipinski definition) is 2. The number of fused-ring (bicyclic) bond motifs is 2. The zero-order valence-corrected chi connectivity index (χ0v) is 38.6. The molecule has 6 fully saturated rings. The Hall–Kier alpha value is -0.600. The molecule has 0 saturated heterocycles. The lowest BCUT2D eigenvalue weighted by Gasteiger charge is -2.47. The lowest BCUT2D eigenvalue weighted by atomic mass is 9.58. The minimum absolute atomic E-state index is 0.0249. The average Bonchev–Trinajstić information content (AvgIpc) is 3.69. The van der Waals surface area contributed by atoms with Crippen molar-refractivity contribution < 1.29 is 9.84 Å². The van der Waals surface area contributed by atoms with E-state index in [1.54, 1.807) is 0 Å². The lowest BCUT2D eigenvalue weighted by Crippen LogP contribution is -2.40. The molecule has 0 aromatic carbocycles. The summed E-state index contributed by atoms with van der Waals surface area (Å²) in [7, 11) is 0. The van der Waals surface area contributed by atoms with Crippen LogP contribution >= 0.6 is 0 Å². The standard InChI is InChI=1S/C54H94O2/c1-36(2)15-11-17-39(6)48-27-29-50-42(19-13-31-53(48,50)9)22-24-44-34-47(26-21-38(44)5)56-52-35-46(55)33-45(41(52)8)25-23-43-20-14-32-54(10)49(28-30-51(43)54)40(7)18-12-16-37(3)4/h36-37,39-40,42-52,55H,5,8,11-35H2,1-4,6-7,9-10H3/t39-,40-,42?,43?,44?,45?,46-,47+,48-,49-,50?,51?,52?,53-,54-/m1/s1. The molecular formula is C54H94O2. The quantitative estimate of drug-likeness (QED) is 0.141. The molecule has 56 heavy (non-hydrogen) atoms. The molecule has 0 aliphatic heterocycles. The number of ether oxygens (including phenoxy) is 1. The van der Waals surface area contributed by atoms with E-state index in [2.05, 4.69) is 62.0 Å². The molecule has 7 unspecified atom stereocenters. The van der Waals surface area contributed by atoms with Crippen molar-refractivity contribution in [2.75, 3.05) is 0 Å². The highest BCUT2D eigenvalue weighted by Crippen LogP contribution is 2.62. The molecule has 6 rings (SSSR count). The first-order valence-corrected chi connectivity index (χ1v) is 25.4. The molecule has 6 aliphatic rings. The number of hydrogen-bond donors (Lipinski definition) is 1. The van der Waals surface area contributed by atoms with E-state index in [4.69, 9.17) is 11.3 Å². The lowest BCUT2D eigenvalue weighted by molar-refractivity contribution is -0.0565. The van der Waals surface area contributed by atoms with Crippen LogP contribution in [0.4, 0.5) is 0 Å². The Balaban J connectivity index is 0.982. The first-order valence-electron chi connectivity index (χ1n) is 25.4. The molecule has 15 atom stereocenters. The normalized spacial score (nSPS) is 41.6. The summed E-state index contributed by atoms with van der Waals surface area (Å²) in [6.07, 6.45) is 33.2. The Morgan fingerprint density at radius 2 is 1.14 bits per heavy atom. The van der Waals surface area contributed by atoms with Crippen LogP contribution < -0.4 is 0 Å². The second-order valence-electron chi connectivity index (χ2n) is 23.4. The monoisotopic (exact) mass is 775 g/mol. The van der Waals surface area contributed by atoms with Gasteiger partial charge in [0.2, 0.25) is 0 Å². The first-order chi connectivity index (χ1) is 26.7. The third kappa shape index (κ3) is 10.5. The zero-order valence-electron chi connectivity index (χ0n) is 38.6. The second kappa shape index (κ2) is 19.9. The molecule has 0 radical (unpaired) electrons. The largest absolute Gasteiger partial charge is 0.393 e. The molecule has 0 amide bonds.